The van der Waals surface area contributed by atoms with E-state index < -0.39 is 0 Å². The van der Waals surface area contributed by atoms with Crippen LogP contribution in [-0.4, -0.2) is 11.8 Å². The first-order chi connectivity index (χ1) is 12.9. The van der Waals surface area contributed by atoms with Crippen LogP contribution < -0.4 is 10.6 Å². The van der Waals surface area contributed by atoms with Crippen LogP contribution in [0.2, 0.25) is 10.0 Å². The summed E-state index contributed by atoms with van der Waals surface area (Å²) in [5.41, 5.74) is 1.77. The van der Waals surface area contributed by atoms with Gasteiger partial charge in [-0.05, 0) is 71.1 Å². The van der Waals surface area contributed by atoms with Crippen LogP contribution in [0.25, 0.3) is 0 Å². The number of hydrogen-bond acceptors (Lipinski definition) is 2. The maximum atomic E-state index is 12.5. The third-order valence-corrected chi connectivity index (χ3v) is 5.01. The number of benzene rings is 3. The highest BCUT2D eigenvalue weighted by molar-refractivity contribution is 14.1. The molecule has 0 fully saturated rings. The number of nitrogens with one attached hydrogen (secondary N) is 2. The smallest absolute Gasteiger partial charge is 0.257 e. The molecule has 27 heavy (non-hydrogen) atoms. The first kappa shape index (κ1) is 19.7. The standard InChI is InChI=1S/C20H13Cl2IN2O2/c21-16-8-6-13(23)10-15(16)20(27)24-14-7-9-17(22)18(11-14)25-19(26)12-4-2-1-3-5-12/h1-11H,(H,24,27)(H,25,26). The molecule has 7 heteroatoms. The maximum absolute atomic E-state index is 12.5. The van der Waals surface area contributed by atoms with Crippen LogP contribution in [0.1, 0.15) is 20.7 Å². The summed E-state index contributed by atoms with van der Waals surface area (Å²) in [6, 6.07) is 18.8. The SMILES string of the molecule is O=C(Nc1cc(NC(=O)c2cc(I)ccc2Cl)ccc1Cl)c1ccccc1. The average Bonchev–Trinajstić information content (AvgIpc) is 2.67. The molecule has 3 aromatic rings. The summed E-state index contributed by atoms with van der Waals surface area (Å²) in [6.45, 7) is 0. The molecule has 3 aromatic carbocycles. The quantitative estimate of drug-likeness (QED) is 0.416. The van der Waals surface area contributed by atoms with Gasteiger partial charge in [0.1, 0.15) is 0 Å². The van der Waals surface area contributed by atoms with E-state index in [4.69, 9.17) is 23.2 Å². The van der Waals surface area contributed by atoms with Crippen molar-refractivity contribution in [2.75, 3.05) is 10.6 Å². The zero-order chi connectivity index (χ0) is 19.4. The predicted octanol–water partition coefficient (Wildman–Crippen LogP) is 6.10. The fourth-order valence-electron chi connectivity index (χ4n) is 2.35. The first-order valence-electron chi connectivity index (χ1n) is 7.86. The Morgan fingerprint density at radius 2 is 1.48 bits per heavy atom. The van der Waals surface area contributed by atoms with E-state index >= 15 is 0 Å². The van der Waals surface area contributed by atoms with Crippen LogP contribution in [0.5, 0.6) is 0 Å². The van der Waals surface area contributed by atoms with Crippen LogP contribution in [0.4, 0.5) is 11.4 Å². The Hall–Kier alpha value is -2.09. The van der Waals surface area contributed by atoms with Gasteiger partial charge in [0.2, 0.25) is 0 Å². The van der Waals surface area contributed by atoms with Crippen molar-refractivity contribution in [2.24, 2.45) is 0 Å². The number of anilines is 2. The summed E-state index contributed by atoms with van der Waals surface area (Å²) in [4.78, 5) is 24.8. The minimum atomic E-state index is -0.346. The van der Waals surface area contributed by atoms with Crippen LogP contribution in [0.3, 0.4) is 0 Å². The van der Waals surface area contributed by atoms with E-state index in [0.29, 0.717) is 32.5 Å². The molecule has 0 radical (unpaired) electrons. The molecular weight excluding hydrogens is 498 g/mol. The van der Waals surface area contributed by atoms with Crippen molar-refractivity contribution in [1.29, 1.82) is 0 Å². The number of rotatable bonds is 4. The van der Waals surface area contributed by atoms with Crippen molar-refractivity contribution in [3.63, 3.8) is 0 Å². The third kappa shape index (κ3) is 5.00. The summed E-state index contributed by atoms with van der Waals surface area (Å²) >= 11 is 14.4. The van der Waals surface area contributed by atoms with Gasteiger partial charge in [-0.1, -0.05) is 41.4 Å². The minimum absolute atomic E-state index is 0.290. The molecule has 0 aliphatic heterocycles. The van der Waals surface area contributed by atoms with E-state index in [1.54, 1.807) is 54.6 Å². The minimum Gasteiger partial charge on any atom is -0.322 e. The Balaban J connectivity index is 1.80. The van der Waals surface area contributed by atoms with E-state index in [9.17, 15) is 9.59 Å². The van der Waals surface area contributed by atoms with Crippen molar-refractivity contribution in [3.8, 4) is 0 Å². The molecule has 0 heterocycles. The van der Waals surface area contributed by atoms with Gasteiger partial charge in [0, 0.05) is 14.8 Å². The Labute approximate surface area is 180 Å². The van der Waals surface area contributed by atoms with E-state index in [0.717, 1.165) is 3.57 Å². The van der Waals surface area contributed by atoms with Gasteiger partial charge in [-0.25, -0.2) is 0 Å². The Morgan fingerprint density at radius 1 is 0.778 bits per heavy atom. The summed E-state index contributed by atoms with van der Waals surface area (Å²) in [5, 5.41) is 6.25. The second kappa shape index (κ2) is 8.73. The molecule has 3 rings (SSSR count). The zero-order valence-corrected chi connectivity index (χ0v) is 17.5. The van der Waals surface area contributed by atoms with Gasteiger partial charge in [-0.15, -0.1) is 0 Å². The Morgan fingerprint density at radius 3 is 2.22 bits per heavy atom. The molecular formula is C20H13Cl2IN2O2. The van der Waals surface area contributed by atoms with Gasteiger partial charge in [-0.2, -0.15) is 0 Å². The normalized spacial score (nSPS) is 10.3. The molecule has 0 saturated heterocycles. The van der Waals surface area contributed by atoms with Crippen LogP contribution in [0.15, 0.2) is 66.7 Å². The predicted molar refractivity (Wildman–Crippen MR) is 118 cm³/mol. The van der Waals surface area contributed by atoms with Gasteiger partial charge in [0.25, 0.3) is 11.8 Å². The van der Waals surface area contributed by atoms with E-state index in [1.807, 2.05) is 12.1 Å². The molecule has 4 nitrogen and oxygen atoms in total. The lowest BCUT2D eigenvalue weighted by atomic mass is 10.2. The lowest BCUT2D eigenvalue weighted by Crippen LogP contribution is -2.14. The highest BCUT2D eigenvalue weighted by Crippen LogP contribution is 2.27. The van der Waals surface area contributed by atoms with Gasteiger partial charge < -0.3 is 10.6 Å². The molecule has 2 amide bonds. The fraction of sp³-hybridized carbons (Fsp3) is 0. The lowest BCUT2D eigenvalue weighted by Gasteiger charge is -2.11. The fourth-order valence-corrected chi connectivity index (χ4v) is 3.21. The molecule has 0 atom stereocenters. The first-order valence-corrected chi connectivity index (χ1v) is 9.70. The zero-order valence-electron chi connectivity index (χ0n) is 13.8. The molecule has 136 valence electrons. The molecule has 0 unspecified atom stereocenters. The van der Waals surface area contributed by atoms with Crippen molar-refractivity contribution in [2.45, 2.75) is 0 Å². The van der Waals surface area contributed by atoms with Crippen molar-refractivity contribution in [1.82, 2.24) is 0 Å². The molecule has 0 spiro atoms. The maximum Gasteiger partial charge on any atom is 0.257 e. The van der Waals surface area contributed by atoms with Gasteiger partial charge in [0.15, 0.2) is 0 Å². The number of carbonyl (C=O) groups is 2. The average molecular weight is 511 g/mol. The third-order valence-electron chi connectivity index (χ3n) is 3.68. The van der Waals surface area contributed by atoms with E-state index in [2.05, 4.69) is 33.2 Å². The van der Waals surface area contributed by atoms with Crippen LogP contribution in [-0.2, 0) is 0 Å². The Bertz CT molecular complexity index is 1010. The summed E-state index contributed by atoms with van der Waals surface area (Å²) < 4.78 is 0.897. The summed E-state index contributed by atoms with van der Waals surface area (Å²) in [5.74, 6) is -0.636. The second-order valence-electron chi connectivity index (χ2n) is 5.59. The number of hydrogen-bond donors (Lipinski definition) is 2. The molecule has 0 aliphatic rings. The van der Waals surface area contributed by atoms with Crippen molar-refractivity contribution < 1.29 is 9.59 Å². The monoisotopic (exact) mass is 510 g/mol. The number of amides is 2. The van der Waals surface area contributed by atoms with E-state index in [1.165, 1.54) is 0 Å². The summed E-state index contributed by atoms with van der Waals surface area (Å²) in [6.07, 6.45) is 0. The highest BCUT2D eigenvalue weighted by atomic mass is 127. The van der Waals surface area contributed by atoms with E-state index in [-0.39, 0.29) is 11.8 Å². The van der Waals surface area contributed by atoms with Crippen molar-refractivity contribution >= 4 is 69.0 Å². The van der Waals surface area contributed by atoms with Gasteiger partial charge >= 0.3 is 0 Å². The van der Waals surface area contributed by atoms with Gasteiger partial charge in [-0.3, -0.25) is 9.59 Å². The summed E-state index contributed by atoms with van der Waals surface area (Å²) in [7, 11) is 0. The lowest BCUT2D eigenvalue weighted by molar-refractivity contribution is 0.101. The molecule has 0 aromatic heterocycles. The van der Waals surface area contributed by atoms with Crippen LogP contribution >= 0.6 is 45.8 Å². The molecule has 2 N–H and O–H groups in total. The molecule has 0 bridgehead atoms. The van der Waals surface area contributed by atoms with Gasteiger partial charge in [0.05, 0.1) is 21.3 Å². The molecule has 0 saturated carbocycles. The second-order valence-corrected chi connectivity index (χ2v) is 7.65. The van der Waals surface area contributed by atoms with Crippen LogP contribution in [0, 0.1) is 3.57 Å². The molecule has 0 aliphatic carbocycles. The highest BCUT2D eigenvalue weighted by Gasteiger charge is 2.13. The Kier molecular flexibility index (Phi) is 6.36. The largest absolute Gasteiger partial charge is 0.322 e. The van der Waals surface area contributed by atoms with Crippen molar-refractivity contribution in [3.05, 3.63) is 91.5 Å². The number of halogens is 3. The number of carbonyl (C=O) groups excluding carboxylic acids is 2. The topological polar surface area (TPSA) is 58.2 Å².